The Bertz CT molecular complexity index is 530. The summed E-state index contributed by atoms with van der Waals surface area (Å²) in [5.74, 6) is 0.671. The second-order valence-electron chi connectivity index (χ2n) is 5.51. The Kier molecular flexibility index (Phi) is 2.72. The van der Waals surface area contributed by atoms with Crippen molar-refractivity contribution in [1.82, 2.24) is 0 Å². The van der Waals surface area contributed by atoms with Gasteiger partial charge in [-0.15, -0.1) is 11.3 Å². The molecule has 2 atom stereocenters. The lowest BCUT2D eigenvalue weighted by atomic mass is 9.92. The summed E-state index contributed by atoms with van der Waals surface area (Å²) in [5, 5.41) is 14.1. The summed E-state index contributed by atoms with van der Waals surface area (Å²) in [4.78, 5) is 0. The molecule has 1 N–H and O–H groups in total. The number of rotatable bonds is 2. The maximum Gasteiger partial charge on any atom is 0.0691 e. The monoisotopic (exact) mass is 246 g/mol. The molecule has 0 radical (unpaired) electrons. The molecule has 1 aromatic heterocycles. The molecule has 1 aliphatic carbocycles. The van der Waals surface area contributed by atoms with Crippen LogP contribution in [-0.4, -0.2) is 10.7 Å². The van der Waals surface area contributed by atoms with Gasteiger partial charge in [-0.25, -0.2) is 0 Å². The van der Waals surface area contributed by atoms with Crippen LogP contribution in [0, 0.1) is 5.92 Å². The highest BCUT2D eigenvalue weighted by atomic mass is 32.1. The van der Waals surface area contributed by atoms with Crippen LogP contribution in [0.3, 0.4) is 0 Å². The Labute approximate surface area is 106 Å². The third kappa shape index (κ3) is 2.12. The lowest BCUT2D eigenvalue weighted by molar-refractivity contribution is 0.0450. The van der Waals surface area contributed by atoms with Gasteiger partial charge in [-0.05, 0) is 47.6 Å². The van der Waals surface area contributed by atoms with E-state index in [1.54, 1.807) is 11.3 Å². The van der Waals surface area contributed by atoms with E-state index in [0.717, 1.165) is 19.3 Å². The highest BCUT2D eigenvalue weighted by Crippen LogP contribution is 2.38. The summed E-state index contributed by atoms with van der Waals surface area (Å²) in [6, 6.07) is 8.49. The van der Waals surface area contributed by atoms with Crippen LogP contribution in [0.4, 0.5) is 0 Å². The SMILES string of the molecule is CC1CCC(O)(Cc2csc3ccccc23)C1. The zero-order chi connectivity index (χ0) is 11.9. The summed E-state index contributed by atoms with van der Waals surface area (Å²) in [6.45, 7) is 2.24. The van der Waals surface area contributed by atoms with E-state index in [2.05, 4.69) is 36.6 Å². The van der Waals surface area contributed by atoms with Gasteiger partial charge >= 0.3 is 0 Å². The van der Waals surface area contributed by atoms with Crippen molar-refractivity contribution in [3.8, 4) is 0 Å². The van der Waals surface area contributed by atoms with Crippen LogP contribution in [0.25, 0.3) is 10.1 Å². The second kappa shape index (κ2) is 4.11. The van der Waals surface area contributed by atoms with Gasteiger partial charge in [0.05, 0.1) is 5.60 Å². The van der Waals surface area contributed by atoms with Crippen LogP contribution < -0.4 is 0 Å². The molecule has 2 heteroatoms. The largest absolute Gasteiger partial charge is 0.390 e. The molecule has 0 spiro atoms. The Balaban J connectivity index is 1.90. The molecular weight excluding hydrogens is 228 g/mol. The number of hydrogen-bond donors (Lipinski definition) is 1. The molecule has 1 saturated carbocycles. The van der Waals surface area contributed by atoms with Crippen LogP contribution in [-0.2, 0) is 6.42 Å². The van der Waals surface area contributed by atoms with E-state index in [1.807, 2.05) is 0 Å². The van der Waals surface area contributed by atoms with E-state index >= 15 is 0 Å². The summed E-state index contributed by atoms with van der Waals surface area (Å²) < 4.78 is 1.33. The lowest BCUT2D eigenvalue weighted by Gasteiger charge is -2.22. The van der Waals surface area contributed by atoms with Crippen LogP contribution in [0.15, 0.2) is 29.6 Å². The van der Waals surface area contributed by atoms with E-state index in [1.165, 1.54) is 22.1 Å². The molecule has 1 aromatic carbocycles. The van der Waals surface area contributed by atoms with Crippen molar-refractivity contribution in [3.05, 3.63) is 35.2 Å². The molecule has 0 bridgehead atoms. The minimum absolute atomic E-state index is 0.455. The zero-order valence-corrected chi connectivity index (χ0v) is 11.0. The second-order valence-corrected chi connectivity index (χ2v) is 6.42. The predicted molar refractivity (Wildman–Crippen MR) is 73.5 cm³/mol. The van der Waals surface area contributed by atoms with Crippen LogP contribution in [0.2, 0.25) is 0 Å². The van der Waals surface area contributed by atoms with E-state index < -0.39 is 5.60 Å². The average molecular weight is 246 g/mol. The first-order chi connectivity index (χ1) is 8.16. The molecule has 0 aliphatic heterocycles. The maximum absolute atomic E-state index is 10.6. The van der Waals surface area contributed by atoms with E-state index in [0.29, 0.717) is 5.92 Å². The molecule has 2 aromatic rings. The average Bonchev–Trinajstić information content (AvgIpc) is 2.85. The molecule has 17 heavy (non-hydrogen) atoms. The summed E-state index contributed by atoms with van der Waals surface area (Å²) in [6.07, 6.45) is 3.90. The van der Waals surface area contributed by atoms with E-state index in [9.17, 15) is 5.11 Å². The van der Waals surface area contributed by atoms with Gasteiger partial charge in [0.1, 0.15) is 0 Å². The van der Waals surface area contributed by atoms with E-state index in [-0.39, 0.29) is 0 Å². The molecule has 3 rings (SSSR count). The number of fused-ring (bicyclic) bond motifs is 1. The quantitative estimate of drug-likeness (QED) is 0.849. The van der Waals surface area contributed by atoms with Gasteiger partial charge in [-0.1, -0.05) is 25.1 Å². The van der Waals surface area contributed by atoms with Crippen molar-refractivity contribution >= 4 is 21.4 Å². The number of thiophene rings is 1. The van der Waals surface area contributed by atoms with Crippen molar-refractivity contribution in [1.29, 1.82) is 0 Å². The van der Waals surface area contributed by atoms with Crippen LogP contribution >= 0.6 is 11.3 Å². The fourth-order valence-corrected chi connectivity index (χ4v) is 4.02. The minimum atomic E-state index is -0.455. The Morgan fingerprint density at radius 3 is 3.00 bits per heavy atom. The van der Waals surface area contributed by atoms with Gasteiger partial charge in [0.2, 0.25) is 0 Å². The maximum atomic E-state index is 10.6. The fraction of sp³-hybridized carbons (Fsp3) is 0.467. The number of benzene rings is 1. The van der Waals surface area contributed by atoms with E-state index in [4.69, 9.17) is 0 Å². The van der Waals surface area contributed by atoms with Gasteiger partial charge in [-0.2, -0.15) is 0 Å². The first-order valence-electron chi connectivity index (χ1n) is 6.34. The molecule has 0 saturated heterocycles. The van der Waals surface area contributed by atoms with Gasteiger partial charge in [-0.3, -0.25) is 0 Å². The van der Waals surface area contributed by atoms with Crippen molar-refractivity contribution in [3.63, 3.8) is 0 Å². The highest BCUT2D eigenvalue weighted by molar-refractivity contribution is 7.17. The Morgan fingerprint density at radius 1 is 1.41 bits per heavy atom. The molecular formula is C15H18OS. The van der Waals surface area contributed by atoms with Gasteiger partial charge in [0.25, 0.3) is 0 Å². The fourth-order valence-electron chi connectivity index (χ4n) is 3.05. The Morgan fingerprint density at radius 2 is 2.24 bits per heavy atom. The van der Waals surface area contributed by atoms with Crippen molar-refractivity contribution in [2.24, 2.45) is 5.92 Å². The van der Waals surface area contributed by atoms with Gasteiger partial charge in [0, 0.05) is 11.1 Å². The lowest BCUT2D eigenvalue weighted by Crippen LogP contribution is -2.27. The Hall–Kier alpha value is -0.860. The topological polar surface area (TPSA) is 20.2 Å². The molecule has 1 aliphatic rings. The minimum Gasteiger partial charge on any atom is -0.390 e. The molecule has 1 fully saturated rings. The number of hydrogen-bond acceptors (Lipinski definition) is 2. The van der Waals surface area contributed by atoms with Gasteiger partial charge < -0.3 is 5.11 Å². The van der Waals surface area contributed by atoms with Gasteiger partial charge in [0.15, 0.2) is 0 Å². The molecule has 1 heterocycles. The van der Waals surface area contributed by atoms with Crippen molar-refractivity contribution in [2.75, 3.05) is 0 Å². The molecule has 2 unspecified atom stereocenters. The van der Waals surface area contributed by atoms with Crippen LogP contribution in [0.1, 0.15) is 31.7 Å². The standard InChI is InChI=1S/C15H18OS/c1-11-6-7-15(16,8-11)9-12-10-17-14-5-3-2-4-13(12)14/h2-5,10-11,16H,6-9H2,1H3. The zero-order valence-electron chi connectivity index (χ0n) is 10.1. The number of aliphatic hydroxyl groups is 1. The smallest absolute Gasteiger partial charge is 0.0691 e. The highest BCUT2D eigenvalue weighted by Gasteiger charge is 2.35. The molecule has 90 valence electrons. The summed E-state index contributed by atoms with van der Waals surface area (Å²) in [7, 11) is 0. The van der Waals surface area contributed by atoms with Crippen molar-refractivity contribution < 1.29 is 5.11 Å². The normalized spacial score (nSPS) is 28.9. The summed E-state index contributed by atoms with van der Waals surface area (Å²) >= 11 is 1.79. The third-order valence-corrected chi connectivity index (χ3v) is 4.92. The molecule has 0 amide bonds. The third-order valence-electron chi connectivity index (χ3n) is 3.91. The van der Waals surface area contributed by atoms with Crippen molar-refractivity contribution in [2.45, 2.75) is 38.2 Å². The first kappa shape index (κ1) is 11.2. The first-order valence-corrected chi connectivity index (χ1v) is 7.22. The summed E-state index contributed by atoms with van der Waals surface area (Å²) in [5.41, 5.74) is 0.866. The van der Waals surface area contributed by atoms with Crippen LogP contribution in [0.5, 0.6) is 0 Å². The predicted octanol–water partition coefficient (Wildman–Crippen LogP) is 3.99. The molecule has 1 nitrogen and oxygen atoms in total.